The van der Waals surface area contributed by atoms with E-state index in [2.05, 4.69) is 10.2 Å². The summed E-state index contributed by atoms with van der Waals surface area (Å²) in [5, 5.41) is 23.7. The maximum atomic E-state index is 12.9. The first kappa shape index (κ1) is 21.2. The number of aliphatic carboxylic acids is 1. The fourth-order valence-corrected chi connectivity index (χ4v) is 6.37. The van der Waals surface area contributed by atoms with Crippen LogP contribution in [0.3, 0.4) is 0 Å². The molecule has 0 aromatic heterocycles. The molecule has 5 atom stereocenters. The number of rotatable bonds is 4. The Hall–Kier alpha value is -2.65. The van der Waals surface area contributed by atoms with Crippen LogP contribution in [0.25, 0.3) is 0 Å². The number of carbonyl (C=O) groups excluding carboxylic acids is 2. The van der Waals surface area contributed by atoms with Gasteiger partial charge in [0, 0.05) is 18.0 Å². The molecule has 1 amide bonds. The monoisotopic (exact) mass is 444 g/mol. The number of likely N-dealkylation sites (N-methyl/N-ethyl adjacent to an activating group) is 1. The lowest BCUT2D eigenvalue weighted by Crippen LogP contribution is -2.76. The van der Waals surface area contributed by atoms with Gasteiger partial charge in [-0.3, -0.25) is 4.79 Å². The zero-order valence-electron chi connectivity index (χ0n) is 18.4. The van der Waals surface area contributed by atoms with Crippen LogP contribution >= 0.6 is 0 Å². The third-order valence-corrected chi connectivity index (χ3v) is 7.92. The van der Waals surface area contributed by atoms with Gasteiger partial charge in [-0.25, -0.2) is 9.59 Å². The van der Waals surface area contributed by atoms with E-state index in [0.717, 1.165) is 17.7 Å². The first-order chi connectivity index (χ1) is 15.1. The highest BCUT2D eigenvalue weighted by Gasteiger charge is 2.72. The van der Waals surface area contributed by atoms with Gasteiger partial charge in [0.2, 0.25) is 0 Å². The molecule has 9 nitrogen and oxygen atoms in total. The number of Topliss-reactive ketones (excluding diaryl/α,β-unsaturated/α-hetero) is 1. The Kier molecular flexibility index (Phi) is 4.59. The average Bonchev–Trinajstić information content (AvgIpc) is 3.08. The summed E-state index contributed by atoms with van der Waals surface area (Å²) < 4.78 is 11.7. The Bertz CT molecular complexity index is 1020. The number of benzene rings is 1. The number of ether oxygens (including phenoxy) is 2. The second-order valence-electron chi connectivity index (χ2n) is 9.83. The summed E-state index contributed by atoms with van der Waals surface area (Å²) in [6.45, 7) is 4.10. The molecule has 2 aliphatic heterocycles. The number of piperidine rings is 1. The molecule has 2 fully saturated rings. The van der Waals surface area contributed by atoms with Gasteiger partial charge in [-0.1, -0.05) is 19.9 Å². The van der Waals surface area contributed by atoms with Crippen LogP contribution in [0.15, 0.2) is 12.1 Å². The third-order valence-electron chi connectivity index (χ3n) is 7.92. The molecule has 2 bridgehead atoms. The van der Waals surface area contributed by atoms with E-state index >= 15 is 0 Å². The molecule has 172 valence electrons. The third kappa shape index (κ3) is 2.61. The Morgan fingerprint density at radius 3 is 2.75 bits per heavy atom. The fraction of sp³-hybridized carbons (Fsp3) is 0.609. The number of nitrogens with zero attached hydrogens (tertiary/aromatic N) is 1. The predicted octanol–water partition coefficient (Wildman–Crippen LogP) is 1.24. The lowest BCUT2D eigenvalue weighted by molar-refractivity contribution is -0.185. The van der Waals surface area contributed by atoms with E-state index in [-0.39, 0.29) is 29.9 Å². The van der Waals surface area contributed by atoms with Crippen molar-refractivity contribution in [1.29, 1.82) is 0 Å². The van der Waals surface area contributed by atoms with E-state index in [1.54, 1.807) is 19.9 Å². The number of carbonyl (C=O) groups is 3. The predicted molar refractivity (Wildman–Crippen MR) is 112 cm³/mol. The lowest BCUT2D eigenvalue weighted by Gasteiger charge is -2.61. The van der Waals surface area contributed by atoms with E-state index in [1.807, 2.05) is 13.1 Å². The van der Waals surface area contributed by atoms with Gasteiger partial charge in [0.25, 0.3) is 0 Å². The van der Waals surface area contributed by atoms with E-state index < -0.39 is 35.2 Å². The molecule has 1 saturated heterocycles. The van der Waals surface area contributed by atoms with Crippen molar-refractivity contribution in [2.75, 3.05) is 13.6 Å². The molecule has 2 heterocycles. The Morgan fingerprint density at radius 2 is 2.06 bits per heavy atom. The van der Waals surface area contributed by atoms with Gasteiger partial charge < -0.3 is 29.9 Å². The summed E-state index contributed by atoms with van der Waals surface area (Å²) in [5.41, 5.74) is -0.216. The molecule has 5 rings (SSSR count). The van der Waals surface area contributed by atoms with Crippen molar-refractivity contribution in [3.8, 4) is 11.5 Å². The van der Waals surface area contributed by atoms with Gasteiger partial charge in [-0.15, -0.1) is 0 Å². The maximum absolute atomic E-state index is 12.9. The van der Waals surface area contributed by atoms with Crippen molar-refractivity contribution >= 4 is 17.8 Å². The largest absolute Gasteiger partial charge is 0.480 e. The highest BCUT2D eigenvalue weighted by molar-refractivity contribution is 5.90. The van der Waals surface area contributed by atoms with Crippen molar-refractivity contribution in [2.24, 2.45) is 5.92 Å². The Balaban J connectivity index is 1.55. The molecular weight excluding hydrogens is 416 g/mol. The molecule has 3 N–H and O–H groups in total. The summed E-state index contributed by atoms with van der Waals surface area (Å²) in [5.74, 6) is -1.09. The van der Waals surface area contributed by atoms with Gasteiger partial charge in [-0.2, -0.15) is 0 Å². The van der Waals surface area contributed by atoms with E-state index in [4.69, 9.17) is 9.47 Å². The smallest absolute Gasteiger partial charge is 0.413 e. The fourth-order valence-electron chi connectivity index (χ4n) is 6.37. The molecule has 2 aliphatic carbocycles. The minimum absolute atomic E-state index is 0.0526. The zero-order valence-corrected chi connectivity index (χ0v) is 18.4. The maximum Gasteiger partial charge on any atom is 0.413 e. The zero-order chi connectivity index (χ0) is 23.0. The van der Waals surface area contributed by atoms with Gasteiger partial charge in [0.05, 0.1) is 11.0 Å². The van der Waals surface area contributed by atoms with Gasteiger partial charge in [0.15, 0.2) is 23.4 Å². The van der Waals surface area contributed by atoms with Gasteiger partial charge in [-0.05, 0) is 50.4 Å². The quantitative estimate of drug-likeness (QED) is 0.633. The molecule has 9 heteroatoms. The van der Waals surface area contributed by atoms with E-state index in [9.17, 15) is 24.6 Å². The number of hydrogen-bond donors (Lipinski definition) is 3. The topological polar surface area (TPSA) is 125 Å². The summed E-state index contributed by atoms with van der Waals surface area (Å²) in [6.07, 6.45) is 0.0692. The minimum atomic E-state index is -1.15. The SMILES string of the molecule is CC(C)[C@H](NC(=O)Oc1ccc2c3c1OC1C(=O)CC[C@@]4(O)[C@@H](C2)N(C)CC[C@]314)C(=O)O. The molecule has 0 radical (unpaired) electrons. The van der Waals surface area contributed by atoms with Gasteiger partial charge >= 0.3 is 12.1 Å². The van der Waals surface area contributed by atoms with Crippen LogP contribution in [0.4, 0.5) is 4.79 Å². The highest BCUT2D eigenvalue weighted by atomic mass is 16.6. The molecule has 1 unspecified atom stereocenters. The number of hydrogen-bond acceptors (Lipinski definition) is 7. The molecule has 32 heavy (non-hydrogen) atoms. The standard InChI is InChI=1S/C23H28N2O7/c1-11(2)17(20(27)28)24-21(29)31-14-5-4-12-10-15-23(30)7-6-13(26)19-22(23,8-9-25(15)3)16(12)18(14)32-19/h4-5,11,15,17,19,30H,6-10H2,1-3H3,(H,24,29)(H,27,28)/t15-,17+,19?,22+,23-/m1/s1. The number of carboxylic acid groups (broad SMARTS) is 1. The average molecular weight is 444 g/mol. The minimum Gasteiger partial charge on any atom is -0.480 e. The Labute approximate surface area is 185 Å². The molecule has 4 aliphatic rings. The van der Waals surface area contributed by atoms with Crippen LogP contribution in [0.2, 0.25) is 0 Å². The summed E-state index contributed by atoms with van der Waals surface area (Å²) >= 11 is 0. The first-order valence-electron chi connectivity index (χ1n) is 11.1. The number of aliphatic hydroxyl groups is 1. The highest BCUT2D eigenvalue weighted by Crippen LogP contribution is 2.64. The van der Waals surface area contributed by atoms with Crippen LogP contribution in [0.1, 0.15) is 44.2 Å². The molecule has 1 aromatic rings. The molecular formula is C23H28N2O7. The normalized spacial score (nSPS) is 33.3. The molecule has 1 saturated carbocycles. The number of carboxylic acids is 1. The van der Waals surface area contributed by atoms with Crippen LogP contribution in [-0.2, 0) is 21.4 Å². The van der Waals surface area contributed by atoms with Crippen molar-refractivity contribution in [3.05, 3.63) is 23.3 Å². The number of likely N-dealkylation sites (tertiary alicyclic amines) is 1. The number of ketones is 1. The second-order valence-corrected chi connectivity index (χ2v) is 9.83. The van der Waals surface area contributed by atoms with Crippen LogP contribution in [0.5, 0.6) is 11.5 Å². The molecule has 1 spiro atoms. The summed E-state index contributed by atoms with van der Waals surface area (Å²) in [7, 11) is 2.00. The van der Waals surface area contributed by atoms with E-state index in [0.29, 0.717) is 25.0 Å². The first-order valence-corrected chi connectivity index (χ1v) is 11.1. The number of nitrogens with one attached hydrogen (secondary N) is 1. The van der Waals surface area contributed by atoms with Crippen LogP contribution in [-0.4, -0.2) is 70.3 Å². The Morgan fingerprint density at radius 1 is 1.31 bits per heavy atom. The van der Waals surface area contributed by atoms with Crippen molar-refractivity contribution in [2.45, 2.75) is 68.7 Å². The molecule has 1 aromatic carbocycles. The van der Waals surface area contributed by atoms with Crippen molar-refractivity contribution < 1.29 is 34.1 Å². The van der Waals surface area contributed by atoms with Crippen molar-refractivity contribution in [3.63, 3.8) is 0 Å². The lowest BCUT2D eigenvalue weighted by atomic mass is 9.49. The van der Waals surface area contributed by atoms with E-state index in [1.165, 1.54) is 0 Å². The van der Waals surface area contributed by atoms with Crippen LogP contribution in [0, 0.1) is 5.92 Å². The number of amides is 1. The van der Waals surface area contributed by atoms with Crippen LogP contribution < -0.4 is 14.8 Å². The van der Waals surface area contributed by atoms with Crippen molar-refractivity contribution in [1.82, 2.24) is 10.2 Å². The summed E-state index contributed by atoms with van der Waals surface area (Å²) in [4.78, 5) is 39.0. The second kappa shape index (κ2) is 6.92. The summed E-state index contributed by atoms with van der Waals surface area (Å²) in [6, 6.07) is 2.26. The van der Waals surface area contributed by atoms with Gasteiger partial charge in [0.1, 0.15) is 6.04 Å².